The first kappa shape index (κ1) is 17.9. The average Bonchev–Trinajstić information content (AvgIpc) is 2.99. The van der Waals surface area contributed by atoms with Crippen molar-refractivity contribution in [3.63, 3.8) is 0 Å². The number of alkyl halides is 3. The Morgan fingerprint density at radius 3 is 2.58 bits per heavy atom. The standard InChI is InChI=1S/C16H10ClF3N4O2/c17-11-2-1-5-21-14(11)24-12(15(25)26)7-10(23-24)6-9-3-4-13(22-8-9)16(18,19)20/h1-5,7-8H,6H2,(H,25,26)/p-1. The summed E-state index contributed by atoms with van der Waals surface area (Å²) in [5.41, 5.74) is -0.574. The van der Waals surface area contributed by atoms with Gasteiger partial charge in [0.05, 0.1) is 22.4 Å². The Labute approximate surface area is 149 Å². The van der Waals surface area contributed by atoms with Gasteiger partial charge in [0.1, 0.15) is 5.69 Å². The topological polar surface area (TPSA) is 83.7 Å². The molecule has 3 aromatic heterocycles. The molecule has 0 aromatic carbocycles. The number of carbonyl (C=O) groups is 1. The number of hydrogen-bond acceptors (Lipinski definition) is 5. The average molecular weight is 382 g/mol. The van der Waals surface area contributed by atoms with Crippen LogP contribution in [0.15, 0.2) is 42.7 Å². The molecular formula is C16H9ClF3N4O2-. The van der Waals surface area contributed by atoms with E-state index in [0.717, 1.165) is 16.9 Å². The molecule has 0 saturated heterocycles. The number of carboxylic acids is 1. The highest BCUT2D eigenvalue weighted by Crippen LogP contribution is 2.27. The van der Waals surface area contributed by atoms with Gasteiger partial charge in [-0.3, -0.25) is 4.98 Å². The summed E-state index contributed by atoms with van der Waals surface area (Å²) in [5, 5.41) is 15.7. The van der Waals surface area contributed by atoms with Crippen LogP contribution in [0.3, 0.4) is 0 Å². The van der Waals surface area contributed by atoms with Gasteiger partial charge in [-0.2, -0.15) is 18.3 Å². The highest BCUT2D eigenvalue weighted by molar-refractivity contribution is 6.32. The fourth-order valence-corrected chi connectivity index (χ4v) is 2.46. The van der Waals surface area contributed by atoms with Gasteiger partial charge < -0.3 is 9.90 Å². The number of nitrogens with zero attached hydrogens (tertiary/aromatic N) is 4. The van der Waals surface area contributed by atoms with Gasteiger partial charge in [0.15, 0.2) is 5.82 Å². The van der Waals surface area contributed by atoms with E-state index in [-0.39, 0.29) is 28.6 Å². The minimum absolute atomic E-state index is 0.0723. The highest BCUT2D eigenvalue weighted by atomic mass is 35.5. The second-order valence-corrected chi connectivity index (χ2v) is 5.66. The van der Waals surface area contributed by atoms with Crippen molar-refractivity contribution in [3.8, 4) is 5.82 Å². The van der Waals surface area contributed by atoms with E-state index in [1.807, 2.05) is 0 Å². The van der Waals surface area contributed by atoms with Crippen LogP contribution in [0.5, 0.6) is 0 Å². The minimum atomic E-state index is -4.53. The molecule has 0 radical (unpaired) electrons. The molecular weight excluding hydrogens is 373 g/mol. The molecule has 0 bridgehead atoms. The summed E-state index contributed by atoms with van der Waals surface area (Å²) in [6, 6.07) is 6.44. The molecule has 0 aliphatic carbocycles. The van der Waals surface area contributed by atoms with Crippen molar-refractivity contribution < 1.29 is 23.1 Å². The summed E-state index contributed by atoms with van der Waals surface area (Å²) in [7, 11) is 0. The molecule has 0 atom stereocenters. The van der Waals surface area contributed by atoms with E-state index in [1.54, 1.807) is 6.07 Å². The maximum Gasteiger partial charge on any atom is 0.433 e. The number of pyridine rings is 2. The zero-order valence-corrected chi connectivity index (χ0v) is 13.6. The molecule has 0 aliphatic rings. The van der Waals surface area contributed by atoms with Crippen LogP contribution >= 0.6 is 11.6 Å². The molecule has 0 unspecified atom stereocenters. The van der Waals surface area contributed by atoms with Gasteiger partial charge in [-0.15, -0.1) is 0 Å². The van der Waals surface area contributed by atoms with Crippen molar-refractivity contribution in [1.82, 2.24) is 19.7 Å². The molecule has 6 nitrogen and oxygen atoms in total. The first-order valence-corrected chi connectivity index (χ1v) is 7.57. The van der Waals surface area contributed by atoms with Crippen LogP contribution in [-0.4, -0.2) is 25.7 Å². The summed E-state index contributed by atoms with van der Waals surface area (Å²) in [6.07, 6.45) is -1.98. The van der Waals surface area contributed by atoms with Crippen molar-refractivity contribution >= 4 is 17.6 Å². The van der Waals surface area contributed by atoms with Gasteiger partial charge in [-0.25, -0.2) is 9.67 Å². The monoisotopic (exact) mass is 381 g/mol. The van der Waals surface area contributed by atoms with Gasteiger partial charge in [-0.1, -0.05) is 17.7 Å². The molecule has 0 spiro atoms. The van der Waals surface area contributed by atoms with Crippen LogP contribution in [0, 0.1) is 0 Å². The van der Waals surface area contributed by atoms with Crippen molar-refractivity contribution in [1.29, 1.82) is 0 Å². The van der Waals surface area contributed by atoms with Gasteiger partial charge in [0.2, 0.25) is 0 Å². The fourth-order valence-electron chi connectivity index (χ4n) is 2.26. The predicted octanol–water partition coefficient (Wildman–Crippen LogP) is 2.29. The number of aromatic carboxylic acids is 1. The number of rotatable bonds is 4. The largest absolute Gasteiger partial charge is 0.543 e. The maximum atomic E-state index is 12.5. The highest BCUT2D eigenvalue weighted by Gasteiger charge is 2.32. The lowest BCUT2D eigenvalue weighted by Crippen LogP contribution is -2.25. The van der Waals surface area contributed by atoms with Crippen LogP contribution in [0.1, 0.15) is 27.4 Å². The molecule has 0 N–H and O–H groups in total. The van der Waals surface area contributed by atoms with E-state index in [1.165, 1.54) is 24.4 Å². The van der Waals surface area contributed by atoms with Gasteiger partial charge in [0.25, 0.3) is 0 Å². The second kappa shape index (κ2) is 6.75. The van der Waals surface area contributed by atoms with Gasteiger partial charge in [0, 0.05) is 18.8 Å². The summed E-state index contributed by atoms with van der Waals surface area (Å²) < 4.78 is 38.7. The van der Waals surface area contributed by atoms with E-state index in [4.69, 9.17) is 11.6 Å². The Morgan fingerprint density at radius 1 is 1.23 bits per heavy atom. The van der Waals surface area contributed by atoms with Crippen molar-refractivity contribution in [2.75, 3.05) is 0 Å². The minimum Gasteiger partial charge on any atom is -0.543 e. The quantitative estimate of drug-likeness (QED) is 0.692. The number of carbonyl (C=O) groups excluding carboxylic acids is 1. The van der Waals surface area contributed by atoms with E-state index in [0.29, 0.717) is 5.56 Å². The van der Waals surface area contributed by atoms with Crippen LogP contribution in [-0.2, 0) is 12.6 Å². The maximum absolute atomic E-state index is 12.5. The molecule has 3 aromatic rings. The lowest BCUT2D eigenvalue weighted by atomic mass is 10.1. The Morgan fingerprint density at radius 2 is 2.00 bits per heavy atom. The van der Waals surface area contributed by atoms with E-state index < -0.39 is 17.8 Å². The van der Waals surface area contributed by atoms with E-state index in [9.17, 15) is 23.1 Å². The van der Waals surface area contributed by atoms with E-state index >= 15 is 0 Å². The zero-order valence-electron chi connectivity index (χ0n) is 12.9. The lowest BCUT2D eigenvalue weighted by Gasteiger charge is -2.08. The molecule has 3 heterocycles. The predicted molar refractivity (Wildman–Crippen MR) is 82.7 cm³/mol. The summed E-state index contributed by atoms with van der Waals surface area (Å²) in [4.78, 5) is 18.7. The van der Waals surface area contributed by atoms with Crippen LogP contribution in [0.4, 0.5) is 13.2 Å². The summed E-state index contributed by atoms with van der Waals surface area (Å²) in [6.45, 7) is 0. The molecule has 0 aliphatic heterocycles. The summed E-state index contributed by atoms with van der Waals surface area (Å²) >= 11 is 6.01. The van der Waals surface area contributed by atoms with Crippen molar-refractivity contribution in [3.05, 3.63) is 70.4 Å². The molecule has 0 saturated carbocycles. The normalized spacial score (nSPS) is 11.5. The number of hydrogen-bond donors (Lipinski definition) is 0. The second-order valence-electron chi connectivity index (χ2n) is 5.26. The Balaban J connectivity index is 1.93. The Bertz CT molecular complexity index is 955. The molecule has 0 fully saturated rings. The number of carboxylic acid groups (broad SMARTS) is 1. The Kier molecular flexibility index (Phi) is 4.64. The third-order valence-corrected chi connectivity index (χ3v) is 3.70. The molecule has 26 heavy (non-hydrogen) atoms. The zero-order chi connectivity index (χ0) is 18.9. The van der Waals surface area contributed by atoms with Crippen LogP contribution in [0.25, 0.3) is 5.82 Å². The first-order valence-electron chi connectivity index (χ1n) is 7.19. The van der Waals surface area contributed by atoms with Crippen molar-refractivity contribution in [2.45, 2.75) is 12.6 Å². The third kappa shape index (κ3) is 3.67. The number of aromatic nitrogens is 4. The SMILES string of the molecule is O=C([O-])c1cc(Cc2ccc(C(F)(F)F)nc2)nn1-c1ncccc1Cl. The molecule has 10 heteroatoms. The van der Waals surface area contributed by atoms with Crippen LogP contribution < -0.4 is 5.11 Å². The Hall–Kier alpha value is -2.94. The molecule has 134 valence electrons. The number of halogens is 4. The van der Waals surface area contributed by atoms with Gasteiger partial charge in [-0.05, 0) is 29.8 Å². The third-order valence-electron chi connectivity index (χ3n) is 3.41. The fraction of sp³-hybridized carbons (Fsp3) is 0.125. The lowest BCUT2D eigenvalue weighted by molar-refractivity contribution is -0.255. The summed E-state index contributed by atoms with van der Waals surface area (Å²) in [5.74, 6) is -1.39. The molecule has 0 amide bonds. The van der Waals surface area contributed by atoms with Crippen molar-refractivity contribution in [2.24, 2.45) is 0 Å². The van der Waals surface area contributed by atoms with Crippen LogP contribution in [0.2, 0.25) is 5.02 Å². The van der Waals surface area contributed by atoms with E-state index in [2.05, 4.69) is 15.1 Å². The van der Waals surface area contributed by atoms with Gasteiger partial charge >= 0.3 is 6.18 Å². The molecule has 3 rings (SSSR count). The first-order chi connectivity index (χ1) is 12.3. The smallest absolute Gasteiger partial charge is 0.433 e.